The minimum Gasteiger partial charge on any atom is -0.359 e. The molecule has 0 N–H and O–H groups in total. The highest BCUT2D eigenvalue weighted by Crippen LogP contribution is 2.59. The van der Waals surface area contributed by atoms with Crippen LogP contribution in [0.25, 0.3) is 0 Å². The number of hydrogen-bond acceptors (Lipinski definition) is 4. The van der Waals surface area contributed by atoms with Gasteiger partial charge in [-0.05, 0) is 32.9 Å². The van der Waals surface area contributed by atoms with Gasteiger partial charge in [0.15, 0.2) is 0 Å². The lowest BCUT2D eigenvalue weighted by atomic mass is 10.2. The summed E-state index contributed by atoms with van der Waals surface area (Å²) in [5, 5.41) is 0. The fourth-order valence-corrected chi connectivity index (χ4v) is 3.76. The van der Waals surface area contributed by atoms with Gasteiger partial charge in [-0.2, -0.15) is 0 Å². The van der Waals surface area contributed by atoms with E-state index in [1.807, 2.05) is 13.8 Å². The second-order valence-corrected chi connectivity index (χ2v) is 6.24. The van der Waals surface area contributed by atoms with Crippen molar-refractivity contribution in [3.8, 4) is 0 Å². The van der Waals surface area contributed by atoms with Crippen molar-refractivity contribution in [3.05, 3.63) is 11.8 Å². The maximum Gasteiger partial charge on any atom is 0.354 e. The minimum atomic E-state index is -2.93. The van der Waals surface area contributed by atoms with E-state index in [4.69, 9.17) is 9.05 Å². The first-order valence-electron chi connectivity index (χ1n) is 6.45. The Kier molecular flexibility index (Phi) is 5.71. The first kappa shape index (κ1) is 14.7. The van der Waals surface area contributed by atoms with Crippen molar-refractivity contribution >= 4 is 7.60 Å². The molecule has 0 aliphatic carbocycles. The average Bonchev–Trinajstić information content (AvgIpc) is 3.06. The summed E-state index contributed by atoms with van der Waals surface area (Å²) >= 11 is 0. The van der Waals surface area contributed by atoms with Gasteiger partial charge in [-0.1, -0.05) is 19.4 Å². The van der Waals surface area contributed by atoms with E-state index >= 15 is 0 Å². The summed E-state index contributed by atoms with van der Waals surface area (Å²) in [4.78, 5) is 2.06. The standard InChI is InChI=1S/C12H24NO3P/c1-5-11(6-2)9-13-10-12(13)17(14,15-7-3)16-8-4/h9,12H,5-8,10H2,1-4H3. The van der Waals surface area contributed by atoms with Gasteiger partial charge >= 0.3 is 7.60 Å². The van der Waals surface area contributed by atoms with Crippen LogP contribution in [-0.2, 0) is 13.6 Å². The molecule has 0 spiro atoms. The maximum atomic E-state index is 12.4. The fraction of sp³-hybridized carbons (Fsp3) is 0.833. The molecule has 100 valence electrons. The lowest BCUT2D eigenvalue weighted by molar-refractivity contribution is 0.216. The molecule has 1 unspecified atom stereocenters. The van der Waals surface area contributed by atoms with Crippen molar-refractivity contribution in [1.82, 2.24) is 4.90 Å². The maximum absolute atomic E-state index is 12.4. The second-order valence-electron chi connectivity index (χ2n) is 4.05. The van der Waals surface area contributed by atoms with Crippen molar-refractivity contribution < 1.29 is 13.6 Å². The van der Waals surface area contributed by atoms with Gasteiger partial charge in [-0.15, -0.1) is 0 Å². The summed E-state index contributed by atoms with van der Waals surface area (Å²) in [6.07, 6.45) is 4.18. The van der Waals surface area contributed by atoms with E-state index in [1.165, 1.54) is 5.57 Å². The highest BCUT2D eigenvalue weighted by Gasteiger charge is 2.49. The van der Waals surface area contributed by atoms with Gasteiger partial charge in [0.05, 0.1) is 19.8 Å². The topological polar surface area (TPSA) is 38.5 Å². The third-order valence-corrected chi connectivity index (χ3v) is 5.29. The highest BCUT2D eigenvalue weighted by atomic mass is 31.2. The van der Waals surface area contributed by atoms with E-state index < -0.39 is 7.60 Å². The third-order valence-electron chi connectivity index (χ3n) is 2.86. The molecular weight excluding hydrogens is 237 g/mol. The zero-order chi connectivity index (χ0) is 12.9. The van der Waals surface area contributed by atoms with Gasteiger partial charge in [-0.3, -0.25) is 4.57 Å². The predicted octanol–water partition coefficient (Wildman–Crippen LogP) is 3.60. The van der Waals surface area contributed by atoms with Crippen LogP contribution in [0.15, 0.2) is 11.8 Å². The summed E-state index contributed by atoms with van der Waals surface area (Å²) in [5.74, 6) is -0.0736. The van der Waals surface area contributed by atoms with E-state index in [0.29, 0.717) is 13.2 Å². The quantitative estimate of drug-likeness (QED) is 0.494. The Morgan fingerprint density at radius 2 is 1.76 bits per heavy atom. The van der Waals surface area contributed by atoms with Crippen LogP contribution >= 0.6 is 7.60 Å². The molecule has 0 aromatic heterocycles. The van der Waals surface area contributed by atoms with Crippen LogP contribution < -0.4 is 0 Å². The van der Waals surface area contributed by atoms with Crippen molar-refractivity contribution in [1.29, 1.82) is 0 Å². The second kappa shape index (κ2) is 6.58. The molecule has 5 heteroatoms. The zero-order valence-corrected chi connectivity index (χ0v) is 12.2. The molecular formula is C12H24NO3P. The van der Waals surface area contributed by atoms with Crippen LogP contribution in [0, 0.1) is 0 Å². The molecule has 1 rings (SSSR count). The van der Waals surface area contributed by atoms with Gasteiger partial charge < -0.3 is 13.9 Å². The Morgan fingerprint density at radius 3 is 2.18 bits per heavy atom. The molecule has 1 fully saturated rings. The summed E-state index contributed by atoms with van der Waals surface area (Å²) in [6.45, 7) is 9.60. The largest absolute Gasteiger partial charge is 0.359 e. The molecule has 0 aromatic rings. The fourth-order valence-electron chi connectivity index (χ4n) is 1.80. The zero-order valence-electron chi connectivity index (χ0n) is 11.3. The van der Waals surface area contributed by atoms with Gasteiger partial charge in [0.2, 0.25) is 0 Å². The highest BCUT2D eigenvalue weighted by molar-refractivity contribution is 7.55. The molecule has 0 bridgehead atoms. The molecule has 1 heterocycles. The van der Waals surface area contributed by atoms with Crippen LogP contribution in [0.4, 0.5) is 0 Å². The van der Waals surface area contributed by atoms with Crippen LogP contribution in [0.5, 0.6) is 0 Å². The van der Waals surface area contributed by atoms with Crippen LogP contribution in [-0.4, -0.2) is 30.4 Å². The van der Waals surface area contributed by atoms with Crippen LogP contribution in [0.1, 0.15) is 40.5 Å². The van der Waals surface area contributed by atoms with Gasteiger partial charge in [0, 0.05) is 0 Å². The number of allylic oxidation sites excluding steroid dienone is 1. The summed E-state index contributed by atoms with van der Waals surface area (Å²) < 4.78 is 23.1. The van der Waals surface area contributed by atoms with Crippen LogP contribution in [0.3, 0.4) is 0 Å². The Hall–Kier alpha value is -0.310. The number of hydrogen-bond donors (Lipinski definition) is 0. The Morgan fingerprint density at radius 1 is 1.24 bits per heavy atom. The Labute approximate surface area is 105 Å². The smallest absolute Gasteiger partial charge is 0.354 e. The summed E-state index contributed by atoms with van der Waals surface area (Å²) in [7, 11) is -2.93. The van der Waals surface area contributed by atoms with E-state index in [-0.39, 0.29) is 5.78 Å². The molecule has 4 nitrogen and oxygen atoms in total. The molecule has 0 radical (unpaired) electrons. The van der Waals surface area contributed by atoms with Gasteiger partial charge in [0.1, 0.15) is 5.78 Å². The first-order chi connectivity index (χ1) is 8.11. The predicted molar refractivity (Wildman–Crippen MR) is 70.0 cm³/mol. The lowest BCUT2D eigenvalue weighted by Crippen LogP contribution is -2.04. The Bertz CT molecular complexity index is 301. The number of nitrogens with zero attached hydrogens (tertiary/aromatic N) is 1. The SMILES string of the molecule is CCOP(=O)(OCC)C1CN1C=C(CC)CC. The van der Waals surface area contributed by atoms with Gasteiger partial charge in [0.25, 0.3) is 0 Å². The molecule has 0 amide bonds. The minimum absolute atomic E-state index is 0.0736. The molecule has 1 aliphatic heterocycles. The average molecular weight is 261 g/mol. The first-order valence-corrected chi connectivity index (χ1v) is 8.06. The van der Waals surface area contributed by atoms with Crippen molar-refractivity contribution in [3.63, 3.8) is 0 Å². The molecule has 1 aliphatic rings. The van der Waals surface area contributed by atoms with E-state index in [9.17, 15) is 4.57 Å². The lowest BCUT2D eigenvalue weighted by Gasteiger charge is -2.16. The molecule has 0 saturated carbocycles. The normalized spacial score (nSPS) is 19.3. The third kappa shape index (κ3) is 3.84. The summed E-state index contributed by atoms with van der Waals surface area (Å²) in [6, 6.07) is 0. The van der Waals surface area contributed by atoms with E-state index in [1.54, 1.807) is 0 Å². The monoisotopic (exact) mass is 261 g/mol. The van der Waals surface area contributed by atoms with Gasteiger partial charge in [-0.25, -0.2) is 0 Å². The van der Waals surface area contributed by atoms with Crippen molar-refractivity contribution in [2.24, 2.45) is 0 Å². The molecule has 1 saturated heterocycles. The summed E-state index contributed by atoms with van der Waals surface area (Å²) in [5.41, 5.74) is 1.37. The molecule has 1 atom stereocenters. The van der Waals surface area contributed by atoms with Crippen LogP contribution in [0.2, 0.25) is 0 Å². The van der Waals surface area contributed by atoms with E-state index in [2.05, 4.69) is 24.9 Å². The molecule has 17 heavy (non-hydrogen) atoms. The van der Waals surface area contributed by atoms with E-state index in [0.717, 1.165) is 19.4 Å². The number of rotatable bonds is 8. The van der Waals surface area contributed by atoms with Crippen molar-refractivity contribution in [2.45, 2.75) is 46.3 Å². The van der Waals surface area contributed by atoms with Crippen molar-refractivity contribution in [2.75, 3.05) is 19.8 Å². The molecule has 0 aromatic carbocycles. The Balaban J connectivity index is 2.64.